The van der Waals surface area contributed by atoms with Crippen molar-refractivity contribution in [2.75, 3.05) is 51.9 Å². The molecule has 3 aromatic rings. The average Bonchev–Trinajstić information content (AvgIpc) is 2.94. The van der Waals surface area contributed by atoms with Gasteiger partial charge in [-0.2, -0.15) is 0 Å². The fraction of sp³-hybridized carbons (Fsp3) is 0.296. The summed E-state index contributed by atoms with van der Waals surface area (Å²) >= 11 is 0. The maximum atomic E-state index is 13.7. The molecule has 1 N–H and O–H groups in total. The molecular weight excluding hydrogens is 512 g/mol. The second-order valence-electron chi connectivity index (χ2n) is 7.80. The van der Waals surface area contributed by atoms with Gasteiger partial charge in [0.15, 0.2) is 23.0 Å². The molecule has 0 saturated carbocycles. The Morgan fingerprint density at radius 3 is 2.08 bits per heavy atom. The van der Waals surface area contributed by atoms with Gasteiger partial charge in [-0.15, -0.1) is 0 Å². The summed E-state index contributed by atoms with van der Waals surface area (Å²) in [7, 11) is 0.248. The number of amides is 1. The zero-order valence-electron chi connectivity index (χ0n) is 21.8. The molecule has 0 heterocycles. The van der Waals surface area contributed by atoms with E-state index in [1.54, 1.807) is 36.4 Å². The molecule has 204 valence electrons. The highest BCUT2D eigenvalue weighted by molar-refractivity contribution is 7.92. The monoisotopic (exact) mass is 544 g/mol. The molecule has 38 heavy (non-hydrogen) atoms. The van der Waals surface area contributed by atoms with Gasteiger partial charge in [0.1, 0.15) is 18.9 Å². The number of nitrogens with zero attached hydrogens (tertiary/aromatic N) is 1. The Kier molecular flexibility index (Phi) is 10.1. The first kappa shape index (κ1) is 28.5. The van der Waals surface area contributed by atoms with Crippen molar-refractivity contribution in [1.82, 2.24) is 5.32 Å². The number of methoxy groups -OCH3 is 3. The minimum atomic E-state index is -4.17. The minimum absolute atomic E-state index is 0.0589. The quantitative estimate of drug-likeness (QED) is 0.307. The van der Waals surface area contributed by atoms with Crippen LogP contribution in [-0.4, -0.2) is 62.0 Å². The molecule has 0 fully saturated rings. The molecule has 0 aliphatic rings. The van der Waals surface area contributed by atoms with Crippen molar-refractivity contribution in [3.05, 3.63) is 66.7 Å². The minimum Gasteiger partial charge on any atom is -0.494 e. The Morgan fingerprint density at radius 2 is 1.45 bits per heavy atom. The zero-order chi connectivity index (χ0) is 27.5. The number of nitrogens with one attached hydrogen (secondary N) is 1. The van der Waals surface area contributed by atoms with E-state index in [1.807, 2.05) is 19.1 Å². The molecule has 0 unspecified atom stereocenters. The topological polar surface area (TPSA) is 113 Å². The maximum absolute atomic E-state index is 13.7. The molecule has 0 saturated heterocycles. The van der Waals surface area contributed by atoms with E-state index in [9.17, 15) is 13.2 Å². The van der Waals surface area contributed by atoms with Gasteiger partial charge in [-0.1, -0.05) is 12.1 Å². The molecule has 0 bridgehead atoms. The van der Waals surface area contributed by atoms with Crippen LogP contribution in [0.2, 0.25) is 0 Å². The van der Waals surface area contributed by atoms with Gasteiger partial charge >= 0.3 is 0 Å². The van der Waals surface area contributed by atoms with Crippen LogP contribution in [0, 0.1) is 0 Å². The number of carbonyl (C=O) groups excluding carboxylic acids is 1. The zero-order valence-corrected chi connectivity index (χ0v) is 22.6. The predicted molar refractivity (Wildman–Crippen MR) is 143 cm³/mol. The largest absolute Gasteiger partial charge is 0.494 e. The number of hydrogen-bond donors (Lipinski definition) is 1. The molecule has 0 radical (unpaired) electrons. The van der Waals surface area contributed by atoms with Crippen LogP contribution in [0.15, 0.2) is 71.6 Å². The van der Waals surface area contributed by atoms with Gasteiger partial charge in [-0.25, -0.2) is 8.42 Å². The Balaban J connectivity index is 1.79. The number of ether oxygens (including phenoxy) is 5. The third-order valence-electron chi connectivity index (χ3n) is 5.42. The van der Waals surface area contributed by atoms with Crippen LogP contribution in [0.25, 0.3) is 0 Å². The summed E-state index contributed by atoms with van der Waals surface area (Å²) in [6.45, 7) is 2.18. The Morgan fingerprint density at radius 1 is 0.816 bits per heavy atom. The average molecular weight is 545 g/mol. The highest BCUT2D eigenvalue weighted by Gasteiger charge is 2.28. The van der Waals surface area contributed by atoms with Crippen molar-refractivity contribution >= 4 is 21.6 Å². The van der Waals surface area contributed by atoms with Crippen LogP contribution >= 0.6 is 0 Å². The van der Waals surface area contributed by atoms with E-state index in [0.717, 1.165) is 4.31 Å². The van der Waals surface area contributed by atoms with Crippen LogP contribution in [0.3, 0.4) is 0 Å². The lowest BCUT2D eigenvalue weighted by Crippen LogP contribution is -2.41. The smallest absolute Gasteiger partial charge is 0.264 e. The van der Waals surface area contributed by atoms with Crippen molar-refractivity contribution in [3.8, 4) is 28.7 Å². The molecule has 3 rings (SSSR count). The van der Waals surface area contributed by atoms with Gasteiger partial charge in [0.05, 0.1) is 45.1 Å². The lowest BCUT2D eigenvalue weighted by molar-refractivity contribution is -0.119. The van der Waals surface area contributed by atoms with Crippen molar-refractivity contribution < 1.29 is 36.9 Å². The predicted octanol–water partition coefficient (Wildman–Crippen LogP) is 3.50. The maximum Gasteiger partial charge on any atom is 0.264 e. The summed E-state index contributed by atoms with van der Waals surface area (Å²) in [5.41, 5.74) is 0.295. The molecule has 3 aromatic carbocycles. The molecule has 11 heteroatoms. The van der Waals surface area contributed by atoms with E-state index in [0.29, 0.717) is 35.3 Å². The number of rotatable bonds is 14. The van der Waals surface area contributed by atoms with Crippen LogP contribution in [0.1, 0.15) is 6.92 Å². The normalized spacial score (nSPS) is 10.8. The molecule has 0 aromatic heterocycles. The number of para-hydroxylation sites is 2. The molecule has 10 nitrogen and oxygen atoms in total. The third kappa shape index (κ3) is 7.00. The number of benzene rings is 3. The summed E-state index contributed by atoms with van der Waals surface area (Å²) in [5, 5.41) is 2.71. The van der Waals surface area contributed by atoms with E-state index in [4.69, 9.17) is 23.7 Å². The SMILES string of the molecule is CCOc1ccc(N(CC(=O)NCCOc2ccccc2OC)S(=O)(=O)c2ccc(OC)c(OC)c2)cc1. The van der Waals surface area contributed by atoms with E-state index in [2.05, 4.69) is 5.32 Å². The first-order valence-electron chi connectivity index (χ1n) is 11.8. The Hall–Kier alpha value is -4.12. The number of carbonyl (C=O) groups is 1. The second-order valence-corrected chi connectivity index (χ2v) is 9.67. The van der Waals surface area contributed by atoms with Gasteiger partial charge in [-0.3, -0.25) is 9.10 Å². The van der Waals surface area contributed by atoms with Crippen LogP contribution in [-0.2, 0) is 14.8 Å². The fourth-order valence-corrected chi connectivity index (χ4v) is 5.01. The van der Waals surface area contributed by atoms with Gasteiger partial charge in [0.2, 0.25) is 5.91 Å². The van der Waals surface area contributed by atoms with Gasteiger partial charge < -0.3 is 29.0 Å². The number of sulfonamides is 1. The fourth-order valence-electron chi connectivity index (χ4n) is 3.57. The Labute approximate surface area is 223 Å². The van der Waals surface area contributed by atoms with E-state index < -0.39 is 22.5 Å². The molecule has 0 aliphatic heterocycles. The molecule has 0 atom stereocenters. The van der Waals surface area contributed by atoms with Gasteiger partial charge in [0.25, 0.3) is 10.0 Å². The lowest BCUT2D eigenvalue weighted by Gasteiger charge is -2.25. The van der Waals surface area contributed by atoms with Crippen molar-refractivity contribution in [2.45, 2.75) is 11.8 Å². The van der Waals surface area contributed by atoms with Crippen molar-refractivity contribution in [3.63, 3.8) is 0 Å². The second kappa shape index (κ2) is 13.4. The van der Waals surface area contributed by atoms with Crippen molar-refractivity contribution in [2.24, 2.45) is 0 Å². The van der Waals surface area contributed by atoms with E-state index in [1.165, 1.54) is 39.5 Å². The summed E-state index contributed by atoms with van der Waals surface area (Å²) in [5.74, 6) is 1.81. The Bertz CT molecular complexity index is 1310. The molecule has 0 aliphatic carbocycles. The lowest BCUT2D eigenvalue weighted by atomic mass is 10.3. The summed E-state index contributed by atoms with van der Waals surface area (Å²) in [6, 6.07) is 17.9. The summed E-state index contributed by atoms with van der Waals surface area (Å²) in [4.78, 5) is 12.8. The highest BCUT2D eigenvalue weighted by atomic mass is 32.2. The highest BCUT2D eigenvalue weighted by Crippen LogP contribution is 2.32. The van der Waals surface area contributed by atoms with Crippen LogP contribution < -0.4 is 33.3 Å². The standard InChI is InChI=1S/C27H32N2O8S/c1-5-36-21-12-10-20(11-13-21)29(38(31,32)22-14-15-24(34-3)26(18-22)35-4)19-27(30)28-16-17-37-25-9-7-6-8-23(25)33-2/h6-15,18H,5,16-17,19H2,1-4H3,(H,28,30). The number of hydrogen-bond acceptors (Lipinski definition) is 8. The first-order valence-corrected chi connectivity index (χ1v) is 13.3. The molecule has 1 amide bonds. The number of anilines is 1. The van der Waals surface area contributed by atoms with E-state index >= 15 is 0 Å². The van der Waals surface area contributed by atoms with Gasteiger partial charge in [-0.05, 0) is 55.5 Å². The van der Waals surface area contributed by atoms with E-state index in [-0.39, 0.29) is 23.8 Å². The molecular formula is C27H32N2O8S. The third-order valence-corrected chi connectivity index (χ3v) is 7.19. The summed E-state index contributed by atoms with van der Waals surface area (Å²) in [6.07, 6.45) is 0. The van der Waals surface area contributed by atoms with Gasteiger partial charge in [0, 0.05) is 6.07 Å². The summed E-state index contributed by atoms with van der Waals surface area (Å²) < 4.78 is 55.3. The van der Waals surface area contributed by atoms with Crippen LogP contribution in [0.5, 0.6) is 28.7 Å². The molecule has 0 spiro atoms. The first-order chi connectivity index (χ1) is 18.3. The van der Waals surface area contributed by atoms with Crippen molar-refractivity contribution in [1.29, 1.82) is 0 Å². The van der Waals surface area contributed by atoms with Crippen LogP contribution in [0.4, 0.5) is 5.69 Å².